The second-order valence-corrected chi connectivity index (χ2v) is 7.92. The highest BCUT2D eigenvalue weighted by atomic mass is 16.6. The fourth-order valence-electron chi connectivity index (χ4n) is 3.92. The molecule has 178 valence electrons. The van der Waals surface area contributed by atoms with Crippen molar-refractivity contribution in [3.8, 4) is 11.5 Å². The second kappa shape index (κ2) is 12.2. The van der Waals surface area contributed by atoms with Crippen molar-refractivity contribution in [2.45, 2.75) is 19.9 Å². The van der Waals surface area contributed by atoms with E-state index in [2.05, 4.69) is 39.4 Å². The van der Waals surface area contributed by atoms with E-state index in [1.807, 2.05) is 6.07 Å². The van der Waals surface area contributed by atoms with E-state index >= 15 is 0 Å². The zero-order valence-corrected chi connectivity index (χ0v) is 19.3. The normalized spacial score (nSPS) is 14.6. The van der Waals surface area contributed by atoms with Crippen molar-refractivity contribution in [2.75, 3.05) is 53.0 Å². The molecule has 0 spiro atoms. The average molecular weight is 457 g/mol. The van der Waals surface area contributed by atoms with Crippen molar-refractivity contribution >= 4 is 11.6 Å². The Kier molecular flexibility index (Phi) is 9.03. The Hall–Kier alpha value is -3.17. The lowest BCUT2D eigenvalue weighted by molar-refractivity contribution is -0.385. The summed E-state index contributed by atoms with van der Waals surface area (Å²) in [7, 11) is 1.44. The number of amides is 1. The molecule has 0 bridgehead atoms. The first-order valence-corrected chi connectivity index (χ1v) is 11.3. The second-order valence-electron chi connectivity index (χ2n) is 7.92. The predicted octanol–water partition coefficient (Wildman–Crippen LogP) is 2.94. The molecule has 9 nitrogen and oxygen atoms in total. The third-order valence-electron chi connectivity index (χ3n) is 5.67. The zero-order valence-electron chi connectivity index (χ0n) is 19.3. The summed E-state index contributed by atoms with van der Waals surface area (Å²) in [6.45, 7) is 8.39. The van der Waals surface area contributed by atoms with Crippen LogP contribution in [0.5, 0.6) is 11.5 Å². The van der Waals surface area contributed by atoms with Gasteiger partial charge in [0.1, 0.15) is 5.56 Å². The largest absolute Gasteiger partial charge is 0.493 e. The number of rotatable bonds is 11. The summed E-state index contributed by atoms with van der Waals surface area (Å²) in [5.41, 5.74) is 0.995. The van der Waals surface area contributed by atoms with E-state index in [9.17, 15) is 14.9 Å². The molecule has 1 aliphatic rings. The number of ether oxygens (including phenoxy) is 2. The van der Waals surface area contributed by atoms with E-state index in [-0.39, 0.29) is 17.0 Å². The highest BCUT2D eigenvalue weighted by Crippen LogP contribution is 2.34. The molecule has 0 saturated carbocycles. The van der Waals surface area contributed by atoms with Gasteiger partial charge >= 0.3 is 0 Å². The number of benzene rings is 2. The number of methoxy groups -OCH3 is 1. The van der Waals surface area contributed by atoms with Crippen molar-refractivity contribution in [1.82, 2.24) is 15.1 Å². The number of hydrogen-bond acceptors (Lipinski definition) is 7. The summed E-state index contributed by atoms with van der Waals surface area (Å²) in [6, 6.07) is 13.1. The van der Waals surface area contributed by atoms with Crippen LogP contribution in [0.15, 0.2) is 42.5 Å². The number of nitro groups is 1. The van der Waals surface area contributed by atoms with Crippen LogP contribution < -0.4 is 14.8 Å². The Morgan fingerprint density at radius 3 is 2.42 bits per heavy atom. The van der Waals surface area contributed by atoms with Gasteiger partial charge in [-0.15, -0.1) is 0 Å². The maximum Gasteiger partial charge on any atom is 0.286 e. The molecule has 1 amide bonds. The molecule has 9 heteroatoms. The first-order chi connectivity index (χ1) is 16.0. The summed E-state index contributed by atoms with van der Waals surface area (Å²) in [5, 5.41) is 14.3. The van der Waals surface area contributed by atoms with Crippen molar-refractivity contribution in [3.63, 3.8) is 0 Å². The van der Waals surface area contributed by atoms with Gasteiger partial charge in [0.05, 0.1) is 24.7 Å². The molecule has 33 heavy (non-hydrogen) atoms. The monoisotopic (exact) mass is 456 g/mol. The topological polar surface area (TPSA) is 97.2 Å². The zero-order chi connectivity index (χ0) is 23.6. The van der Waals surface area contributed by atoms with Gasteiger partial charge in [0, 0.05) is 45.3 Å². The van der Waals surface area contributed by atoms with Gasteiger partial charge in [0.25, 0.3) is 11.6 Å². The lowest BCUT2D eigenvalue weighted by atomic mass is 10.1. The summed E-state index contributed by atoms with van der Waals surface area (Å²) in [5.74, 6) is 0.0476. The van der Waals surface area contributed by atoms with Gasteiger partial charge in [-0.2, -0.15) is 0 Å². The Bertz CT molecular complexity index is 930. The summed E-state index contributed by atoms with van der Waals surface area (Å²) < 4.78 is 10.6. The standard InChI is InChI=1S/C24H32N4O5/c1-3-33-23-17-21(28(30)31)20(16-22(23)32-2)24(29)25-10-7-11-26-12-14-27(15-13-26)18-19-8-5-4-6-9-19/h4-6,8-9,16-17H,3,7,10-15,18H2,1-2H3,(H,25,29). The fourth-order valence-corrected chi connectivity index (χ4v) is 3.92. The van der Waals surface area contributed by atoms with Crippen molar-refractivity contribution < 1.29 is 19.2 Å². The molecule has 1 N–H and O–H groups in total. The highest BCUT2D eigenvalue weighted by Gasteiger charge is 2.24. The minimum absolute atomic E-state index is 0.0326. The maximum atomic E-state index is 12.6. The van der Waals surface area contributed by atoms with E-state index < -0.39 is 10.8 Å². The van der Waals surface area contributed by atoms with Crippen molar-refractivity contribution in [1.29, 1.82) is 0 Å². The molecule has 0 aromatic heterocycles. The number of nitrogens with one attached hydrogen (secondary N) is 1. The van der Waals surface area contributed by atoms with Crippen LogP contribution in [-0.2, 0) is 6.54 Å². The number of piperazine rings is 1. The fraction of sp³-hybridized carbons (Fsp3) is 0.458. The van der Waals surface area contributed by atoms with Crippen LogP contribution in [0.25, 0.3) is 0 Å². The molecule has 1 heterocycles. The molecule has 2 aromatic carbocycles. The number of nitrogens with zero attached hydrogens (tertiary/aromatic N) is 3. The van der Waals surface area contributed by atoms with Crippen molar-refractivity contribution in [3.05, 3.63) is 63.7 Å². The minimum atomic E-state index is -0.578. The van der Waals surface area contributed by atoms with E-state index in [0.717, 1.165) is 45.7 Å². The average Bonchev–Trinajstić information content (AvgIpc) is 2.83. The molecule has 0 unspecified atom stereocenters. The molecule has 0 aliphatic carbocycles. The molecule has 1 aliphatic heterocycles. The molecule has 0 atom stereocenters. The van der Waals surface area contributed by atoms with Crippen molar-refractivity contribution in [2.24, 2.45) is 0 Å². The van der Waals surface area contributed by atoms with Crippen LogP contribution in [0.4, 0.5) is 5.69 Å². The van der Waals surface area contributed by atoms with Gasteiger partial charge in [-0.3, -0.25) is 19.8 Å². The first-order valence-electron chi connectivity index (χ1n) is 11.3. The van der Waals surface area contributed by atoms with E-state index in [0.29, 0.717) is 18.9 Å². The van der Waals surface area contributed by atoms with Crippen LogP contribution in [0.1, 0.15) is 29.3 Å². The number of carbonyl (C=O) groups excluding carboxylic acids is 1. The Morgan fingerprint density at radius 1 is 1.09 bits per heavy atom. The van der Waals surface area contributed by atoms with Gasteiger partial charge in [-0.25, -0.2) is 0 Å². The molecular formula is C24H32N4O5. The van der Waals surface area contributed by atoms with Crippen LogP contribution in [0.2, 0.25) is 0 Å². The number of nitro benzene ring substituents is 1. The maximum absolute atomic E-state index is 12.6. The smallest absolute Gasteiger partial charge is 0.286 e. The SMILES string of the molecule is CCOc1cc([N+](=O)[O-])c(C(=O)NCCCN2CCN(Cc3ccccc3)CC2)cc1OC. The Balaban J connectivity index is 1.45. The van der Waals surface area contributed by atoms with Gasteiger partial charge < -0.3 is 19.7 Å². The van der Waals surface area contributed by atoms with E-state index in [1.54, 1.807) is 6.92 Å². The minimum Gasteiger partial charge on any atom is -0.493 e. The molecule has 1 saturated heterocycles. The van der Waals surface area contributed by atoms with Gasteiger partial charge in [0.2, 0.25) is 0 Å². The van der Waals surface area contributed by atoms with Crippen LogP contribution in [0, 0.1) is 10.1 Å². The van der Waals surface area contributed by atoms with E-state index in [4.69, 9.17) is 9.47 Å². The predicted molar refractivity (Wildman–Crippen MR) is 126 cm³/mol. The molecule has 0 radical (unpaired) electrons. The summed E-state index contributed by atoms with van der Waals surface area (Å²) >= 11 is 0. The molecule has 2 aromatic rings. The third kappa shape index (κ3) is 6.90. The number of hydrogen-bond donors (Lipinski definition) is 1. The first kappa shape index (κ1) is 24.5. The van der Waals surface area contributed by atoms with Gasteiger partial charge in [-0.05, 0) is 25.5 Å². The lowest BCUT2D eigenvalue weighted by Crippen LogP contribution is -2.46. The molecule has 1 fully saturated rings. The van der Waals surface area contributed by atoms with Crippen LogP contribution in [0.3, 0.4) is 0 Å². The highest BCUT2D eigenvalue weighted by molar-refractivity contribution is 5.99. The number of carbonyl (C=O) groups is 1. The Labute approximate surface area is 194 Å². The van der Waals surface area contributed by atoms with E-state index in [1.165, 1.54) is 24.8 Å². The third-order valence-corrected chi connectivity index (χ3v) is 5.67. The quantitative estimate of drug-likeness (QED) is 0.315. The van der Waals surface area contributed by atoms with Gasteiger partial charge in [0.15, 0.2) is 11.5 Å². The molecular weight excluding hydrogens is 424 g/mol. The van der Waals surface area contributed by atoms with Crippen LogP contribution in [-0.4, -0.2) is 73.6 Å². The Morgan fingerprint density at radius 2 is 1.79 bits per heavy atom. The summed E-state index contributed by atoms with van der Waals surface area (Å²) in [4.78, 5) is 28.4. The molecule has 3 rings (SSSR count). The van der Waals surface area contributed by atoms with Crippen LogP contribution >= 0.6 is 0 Å². The van der Waals surface area contributed by atoms with Gasteiger partial charge in [-0.1, -0.05) is 30.3 Å². The summed E-state index contributed by atoms with van der Waals surface area (Å²) in [6.07, 6.45) is 0.770. The lowest BCUT2D eigenvalue weighted by Gasteiger charge is -2.34.